The molecule has 184 valence electrons. The van der Waals surface area contributed by atoms with E-state index in [1.807, 2.05) is 24.3 Å². The van der Waals surface area contributed by atoms with Crippen molar-refractivity contribution in [1.82, 2.24) is 4.90 Å². The van der Waals surface area contributed by atoms with Gasteiger partial charge in [-0.3, -0.25) is 0 Å². The predicted octanol–water partition coefficient (Wildman–Crippen LogP) is 5.34. The van der Waals surface area contributed by atoms with Crippen LogP contribution >= 0.6 is 0 Å². The molecule has 5 nitrogen and oxygen atoms in total. The van der Waals surface area contributed by atoms with Gasteiger partial charge < -0.3 is 25.2 Å². The summed E-state index contributed by atoms with van der Waals surface area (Å²) in [6.07, 6.45) is 4.33. The molecule has 3 aromatic carbocycles. The van der Waals surface area contributed by atoms with Crippen LogP contribution in [0.4, 0.5) is 0 Å². The zero-order valence-electron chi connectivity index (χ0n) is 20.3. The van der Waals surface area contributed by atoms with Crippen LogP contribution in [0.25, 0.3) is 11.1 Å². The summed E-state index contributed by atoms with van der Waals surface area (Å²) in [4.78, 5) is 2.54. The third kappa shape index (κ3) is 5.83. The summed E-state index contributed by atoms with van der Waals surface area (Å²) in [7, 11) is 0. The molecule has 0 saturated carbocycles. The minimum absolute atomic E-state index is 0.0473. The molecule has 2 aliphatic heterocycles. The van der Waals surface area contributed by atoms with E-state index >= 15 is 0 Å². The highest BCUT2D eigenvalue weighted by Gasteiger charge is 2.33. The van der Waals surface area contributed by atoms with Crippen molar-refractivity contribution in [3.8, 4) is 11.1 Å². The summed E-state index contributed by atoms with van der Waals surface area (Å²) < 4.78 is 13.1. The van der Waals surface area contributed by atoms with E-state index in [9.17, 15) is 5.11 Å². The number of piperidine rings is 1. The fourth-order valence-corrected chi connectivity index (χ4v) is 5.26. The number of nitrogens with zero attached hydrogens (tertiary/aromatic N) is 1. The third-order valence-electron chi connectivity index (χ3n) is 7.26. The molecule has 5 rings (SSSR count). The number of hydrogen-bond acceptors (Lipinski definition) is 5. The molecule has 5 heteroatoms. The topological polar surface area (TPSA) is 68.0 Å². The first kappa shape index (κ1) is 24.2. The van der Waals surface area contributed by atoms with Gasteiger partial charge in [0.1, 0.15) is 0 Å². The van der Waals surface area contributed by atoms with Gasteiger partial charge in [0.25, 0.3) is 0 Å². The molecule has 0 aliphatic carbocycles. The molecule has 2 aliphatic rings. The molecule has 2 fully saturated rings. The van der Waals surface area contributed by atoms with Gasteiger partial charge in [-0.05, 0) is 53.7 Å². The van der Waals surface area contributed by atoms with Crippen molar-refractivity contribution < 1.29 is 14.6 Å². The van der Waals surface area contributed by atoms with Crippen LogP contribution in [0.5, 0.6) is 0 Å². The Labute approximate surface area is 208 Å². The van der Waals surface area contributed by atoms with Crippen LogP contribution in [0.2, 0.25) is 0 Å². The quantitative estimate of drug-likeness (QED) is 0.486. The van der Waals surface area contributed by atoms with Crippen LogP contribution < -0.4 is 5.73 Å². The molecule has 3 N–H and O–H groups in total. The van der Waals surface area contributed by atoms with Crippen molar-refractivity contribution in [3.63, 3.8) is 0 Å². The first-order chi connectivity index (χ1) is 17.2. The summed E-state index contributed by atoms with van der Waals surface area (Å²) in [6.45, 7) is 3.80. The van der Waals surface area contributed by atoms with E-state index < -0.39 is 6.29 Å². The zero-order chi connectivity index (χ0) is 24.0. The molecule has 2 saturated heterocycles. The molecular formula is C30H36N2O3. The average Bonchev–Trinajstić information content (AvgIpc) is 2.93. The Kier molecular flexibility index (Phi) is 7.92. The average molecular weight is 473 g/mol. The van der Waals surface area contributed by atoms with E-state index in [0.717, 1.165) is 59.4 Å². The van der Waals surface area contributed by atoms with E-state index in [0.29, 0.717) is 6.54 Å². The number of hydrogen-bond donors (Lipinski definition) is 2. The summed E-state index contributed by atoms with van der Waals surface area (Å²) in [5.41, 5.74) is 12.5. The highest BCUT2D eigenvalue weighted by atomic mass is 16.7. The second-order valence-corrected chi connectivity index (χ2v) is 9.69. The molecular weight excluding hydrogens is 436 g/mol. The molecule has 35 heavy (non-hydrogen) atoms. The standard InChI is InChI=1S/C30H36N2O3/c31-19-26-6-2-3-7-28(26)23-12-14-25(15-13-23)30-34-27(20-32-16-4-1-5-17-32)18-29(35-30)24-10-8-22(21-33)9-11-24/h2-3,6-15,27,29-30,33H,1,4-5,16-21,31H2. The number of rotatable bonds is 7. The molecule has 3 atom stereocenters. The van der Waals surface area contributed by atoms with Crippen molar-refractivity contribution >= 4 is 0 Å². The van der Waals surface area contributed by atoms with E-state index in [2.05, 4.69) is 53.4 Å². The van der Waals surface area contributed by atoms with Gasteiger partial charge >= 0.3 is 0 Å². The summed E-state index contributed by atoms with van der Waals surface area (Å²) in [6, 6.07) is 24.9. The Morgan fingerprint density at radius 3 is 2.26 bits per heavy atom. The minimum atomic E-state index is -0.417. The predicted molar refractivity (Wildman–Crippen MR) is 138 cm³/mol. The molecule has 0 spiro atoms. The zero-order valence-corrected chi connectivity index (χ0v) is 20.3. The largest absolute Gasteiger partial charge is 0.392 e. The smallest absolute Gasteiger partial charge is 0.184 e. The second kappa shape index (κ2) is 11.5. The lowest BCUT2D eigenvalue weighted by Gasteiger charge is -2.39. The Bertz CT molecular complexity index is 1080. The van der Waals surface area contributed by atoms with E-state index in [4.69, 9.17) is 15.2 Å². The number of aliphatic hydroxyl groups excluding tert-OH is 1. The summed E-state index contributed by atoms with van der Waals surface area (Å²) >= 11 is 0. The van der Waals surface area contributed by atoms with Gasteiger partial charge in [-0.2, -0.15) is 0 Å². The van der Waals surface area contributed by atoms with Crippen molar-refractivity contribution in [2.24, 2.45) is 5.73 Å². The number of nitrogens with two attached hydrogens (primary N) is 1. The highest BCUT2D eigenvalue weighted by molar-refractivity contribution is 5.67. The normalized spacial score (nSPS) is 23.3. The number of ether oxygens (including phenoxy) is 2. The number of benzene rings is 3. The van der Waals surface area contributed by atoms with E-state index in [1.165, 1.54) is 19.3 Å². The Morgan fingerprint density at radius 2 is 1.54 bits per heavy atom. The van der Waals surface area contributed by atoms with Crippen molar-refractivity contribution in [2.45, 2.75) is 57.3 Å². The fraction of sp³-hybridized carbons (Fsp3) is 0.400. The molecule has 3 aromatic rings. The maximum Gasteiger partial charge on any atom is 0.184 e. The van der Waals surface area contributed by atoms with Gasteiger partial charge in [-0.1, -0.05) is 79.2 Å². The maximum atomic E-state index is 9.43. The Morgan fingerprint density at radius 1 is 0.829 bits per heavy atom. The van der Waals surface area contributed by atoms with Crippen molar-refractivity contribution in [2.75, 3.05) is 19.6 Å². The monoisotopic (exact) mass is 472 g/mol. The van der Waals surface area contributed by atoms with Crippen LogP contribution in [-0.2, 0) is 22.6 Å². The van der Waals surface area contributed by atoms with Crippen LogP contribution in [-0.4, -0.2) is 35.7 Å². The molecule has 0 radical (unpaired) electrons. The van der Waals surface area contributed by atoms with Gasteiger partial charge in [0.15, 0.2) is 6.29 Å². The molecule has 3 unspecified atom stereocenters. The third-order valence-corrected chi connectivity index (χ3v) is 7.26. The molecule has 0 amide bonds. The lowest BCUT2D eigenvalue weighted by molar-refractivity contribution is -0.253. The Balaban J connectivity index is 1.37. The van der Waals surface area contributed by atoms with Gasteiger partial charge in [0.2, 0.25) is 0 Å². The van der Waals surface area contributed by atoms with Gasteiger partial charge in [-0.25, -0.2) is 0 Å². The maximum absolute atomic E-state index is 9.43. The van der Waals surface area contributed by atoms with Crippen LogP contribution in [0.3, 0.4) is 0 Å². The first-order valence-electron chi connectivity index (χ1n) is 12.8. The van der Waals surface area contributed by atoms with Crippen LogP contribution in [0.15, 0.2) is 72.8 Å². The van der Waals surface area contributed by atoms with Gasteiger partial charge in [0.05, 0.1) is 18.8 Å². The lowest BCUT2D eigenvalue weighted by Crippen LogP contribution is -2.41. The van der Waals surface area contributed by atoms with E-state index in [1.54, 1.807) is 0 Å². The van der Waals surface area contributed by atoms with Gasteiger partial charge in [-0.15, -0.1) is 0 Å². The second-order valence-electron chi connectivity index (χ2n) is 9.69. The van der Waals surface area contributed by atoms with E-state index in [-0.39, 0.29) is 18.8 Å². The van der Waals surface area contributed by atoms with Crippen molar-refractivity contribution in [3.05, 3.63) is 95.1 Å². The molecule has 2 heterocycles. The summed E-state index contributed by atoms with van der Waals surface area (Å²) in [5.74, 6) is 0. The number of aliphatic hydroxyl groups is 1. The van der Waals surface area contributed by atoms with Crippen molar-refractivity contribution in [1.29, 1.82) is 0 Å². The number of likely N-dealkylation sites (tertiary alicyclic amines) is 1. The van der Waals surface area contributed by atoms with Gasteiger partial charge in [0, 0.05) is 25.1 Å². The molecule has 0 bridgehead atoms. The van der Waals surface area contributed by atoms with Crippen LogP contribution in [0, 0.1) is 0 Å². The lowest BCUT2D eigenvalue weighted by atomic mass is 9.97. The minimum Gasteiger partial charge on any atom is -0.392 e. The first-order valence-corrected chi connectivity index (χ1v) is 12.8. The summed E-state index contributed by atoms with van der Waals surface area (Å²) in [5, 5.41) is 9.43. The fourth-order valence-electron chi connectivity index (χ4n) is 5.26. The van der Waals surface area contributed by atoms with Crippen LogP contribution in [0.1, 0.15) is 60.3 Å². The Hall–Kier alpha value is -2.54. The molecule has 0 aromatic heterocycles. The highest BCUT2D eigenvalue weighted by Crippen LogP contribution is 2.39. The SMILES string of the molecule is NCc1ccccc1-c1ccc(C2OC(CN3CCCCC3)CC(c3ccc(CO)cc3)O2)cc1.